The van der Waals surface area contributed by atoms with E-state index in [0.717, 1.165) is 44.9 Å². The summed E-state index contributed by atoms with van der Waals surface area (Å²) in [5, 5.41) is 0. The van der Waals surface area contributed by atoms with E-state index in [0.29, 0.717) is 12.8 Å². The van der Waals surface area contributed by atoms with Crippen LogP contribution < -0.4 is 0 Å². The minimum atomic E-state index is 0.128. The van der Waals surface area contributed by atoms with Gasteiger partial charge in [-0.2, -0.15) is 0 Å². The molecule has 148 valence electrons. The molecule has 4 aromatic rings. The third kappa shape index (κ3) is 4.66. The summed E-state index contributed by atoms with van der Waals surface area (Å²) in [6.07, 6.45) is 6.33. The first kappa shape index (κ1) is 19.6. The van der Waals surface area contributed by atoms with E-state index < -0.39 is 0 Å². The number of carbonyl (C=O) groups is 1. The number of aryl methyl sites for hydroxylation is 2. The molecule has 0 atom stereocenters. The second kappa shape index (κ2) is 8.78. The van der Waals surface area contributed by atoms with Gasteiger partial charge in [-0.05, 0) is 54.8 Å². The number of ketones is 1. The first-order chi connectivity index (χ1) is 14.6. The topological polar surface area (TPSA) is 55.7 Å². The van der Waals surface area contributed by atoms with Crippen LogP contribution in [0.5, 0.6) is 0 Å². The zero-order valence-electron chi connectivity index (χ0n) is 17.2. The van der Waals surface area contributed by atoms with Crippen LogP contribution in [0.3, 0.4) is 0 Å². The highest BCUT2D eigenvalue weighted by atomic mass is 16.1. The molecule has 0 fully saturated rings. The van der Waals surface area contributed by atoms with Gasteiger partial charge in [0, 0.05) is 42.6 Å². The molecule has 0 saturated carbocycles. The monoisotopic (exact) mass is 393 g/mol. The minimum Gasteiger partial charge on any atom is -0.294 e. The quantitative estimate of drug-likeness (QED) is 0.424. The Balaban J connectivity index is 1.55. The van der Waals surface area contributed by atoms with Crippen LogP contribution in [0.4, 0.5) is 0 Å². The molecule has 0 aliphatic rings. The zero-order chi connectivity index (χ0) is 20.9. The predicted octanol–water partition coefficient (Wildman–Crippen LogP) is 5.17. The molecule has 0 N–H and O–H groups in total. The zero-order valence-corrected chi connectivity index (χ0v) is 17.2. The van der Waals surface area contributed by atoms with Gasteiger partial charge in [0.2, 0.25) is 0 Å². The summed E-state index contributed by atoms with van der Waals surface area (Å²) in [7, 11) is 0. The summed E-state index contributed by atoms with van der Waals surface area (Å²) in [5.41, 5.74) is 6.98. The lowest BCUT2D eigenvalue weighted by Gasteiger charge is -2.10. The Bertz CT molecular complexity index is 1190. The number of aromatic nitrogens is 3. The molecule has 0 aliphatic carbocycles. The van der Waals surface area contributed by atoms with Gasteiger partial charge in [0.05, 0.1) is 5.69 Å². The van der Waals surface area contributed by atoms with Crippen LogP contribution in [-0.2, 0) is 12.8 Å². The van der Waals surface area contributed by atoms with Crippen molar-refractivity contribution in [2.24, 2.45) is 0 Å². The summed E-state index contributed by atoms with van der Waals surface area (Å²) >= 11 is 0. The molecule has 0 bridgehead atoms. The lowest BCUT2D eigenvalue weighted by Crippen LogP contribution is -2.05. The molecule has 0 unspecified atom stereocenters. The fourth-order valence-electron chi connectivity index (χ4n) is 3.46. The molecular formula is C26H23N3O. The van der Waals surface area contributed by atoms with Gasteiger partial charge in [-0.1, -0.05) is 42.0 Å². The van der Waals surface area contributed by atoms with Crippen molar-refractivity contribution in [3.05, 3.63) is 113 Å². The minimum absolute atomic E-state index is 0.128. The number of benzene rings is 2. The van der Waals surface area contributed by atoms with Crippen molar-refractivity contribution >= 4 is 5.78 Å². The smallest absolute Gasteiger partial charge is 0.167 e. The molecule has 0 amide bonds. The van der Waals surface area contributed by atoms with Crippen molar-refractivity contribution in [1.82, 2.24) is 15.0 Å². The predicted molar refractivity (Wildman–Crippen MR) is 118 cm³/mol. The van der Waals surface area contributed by atoms with E-state index in [1.54, 1.807) is 18.6 Å². The van der Waals surface area contributed by atoms with E-state index in [9.17, 15) is 4.79 Å². The lowest BCUT2D eigenvalue weighted by molar-refractivity contribution is 0.0993. The first-order valence-electron chi connectivity index (χ1n) is 9.99. The number of rotatable bonds is 6. The van der Waals surface area contributed by atoms with Crippen LogP contribution in [0.25, 0.3) is 11.3 Å². The summed E-state index contributed by atoms with van der Waals surface area (Å²) in [6, 6.07) is 19.7. The molecule has 0 saturated heterocycles. The van der Waals surface area contributed by atoms with E-state index >= 15 is 0 Å². The maximum atomic E-state index is 12.7. The molecule has 2 aromatic heterocycles. The highest BCUT2D eigenvalue weighted by Crippen LogP contribution is 2.19. The van der Waals surface area contributed by atoms with Crippen LogP contribution in [0, 0.1) is 13.8 Å². The lowest BCUT2D eigenvalue weighted by atomic mass is 9.97. The molecule has 4 rings (SSSR count). The number of hydrogen-bond donors (Lipinski definition) is 0. The van der Waals surface area contributed by atoms with Gasteiger partial charge < -0.3 is 0 Å². The Morgan fingerprint density at radius 2 is 1.83 bits per heavy atom. The Morgan fingerprint density at radius 3 is 2.63 bits per heavy atom. The molecule has 0 aliphatic heterocycles. The van der Waals surface area contributed by atoms with Crippen molar-refractivity contribution in [3.8, 4) is 11.3 Å². The molecule has 4 heteroatoms. The highest BCUT2D eigenvalue weighted by Gasteiger charge is 2.11. The van der Waals surface area contributed by atoms with Crippen LogP contribution in [0.15, 0.2) is 79.3 Å². The van der Waals surface area contributed by atoms with Gasteiger partial charge in [0.15, 0.2) is 5.78 Å². The van der Waals surface area contributed by atoms with E-state index in [4.69, 9.17) is 4.98 Å². The number of nitrogens with zero attached hydrogens (tertiary/aromatic N) is 3. The van der Waals surface area contributed by atoms with Crippen molar-refractivity contribution in [2.45, 2.75) is 26.7 Å². The largest absolute Gasteiger partial charge is 0.294 e. The van der Waals surface area contributed by atoms with Crippen LogP contribution >= 0.6 is 0 Å². The van der Waals surface area contributed by atoms with Crippen molar-refractivity contribution in [2.75, 3.05) is 0 Å². The number of Topliss-reactive ketones (excluding diaryl/α,β-unsaturated/α-hetero) is 1. The molecule has 4 nitrogen and oxygen atoms in total. The molecule has 2 aromatic carbocycles. The SMILES string of the molecule is Cc1cccc(C(=O)Cc2ccc(C)c(Cc3nccc(-c4cccnc4)n3)c2)c1. The fourth-order valence-corrected chi connectivity index (χ4v) is 3.46. The van der Waals surface area contributed by atoms with Crippen LogP contribution in [0.1, 0.15) is 38.4 Å². The van der Waals surface area contributed by atoms with E-state index in [1.165, 1.54) is 0 Å². The van der Waals surface area contributed by atoms with Crippen molar-refractivity contribution in [3.63, 3.8) is 0 Å². The fraction of sp³-hybridized carbons (Fsp3) is 0.154. The molecule has 2 heterocycles. The van der Waals surface area contributed by atoms with Gasteiger partial charge in [-0.3, -0.25) is 9.78 Å². The Labute approximate surface area is 176 Å². The Kier molecular flexibility index (Phi) is 5.75. The van der Waals surface area contributed by atoms with Gasteiger partial charge >= 0.3 is 0 Å². The molecule has 30 heavy (non-hydrogen) atoms. The van der Waals surface area contributed by atoms with Gasteiger partial charge in [0.1, 0.15) is 5.82 Å². The average Bonchev–Trinajstić information content (AvgIpc) is 2.77. The summed E-state index contributed by atoms with van der Waals surface area (Å²) in [5.74, 6) is 0.880. The van der Waals surface area contributed by atoms with Gasteiger partial charge in [-0.15, -0.1) is 0 Å². The first-order valence-corrected chi connectivity index (χ1v) is 9.99. The summed E-state index contributed by atoms with van der Waals surface area (Å²) in [4.78, 5) is 26.0. The number of carbonyl (C=O) groups excluding carboxylic acids is 1. The van der Waals surface area contributed by atoms with E-state index in [2.05, 4.69) is 29.0 Å². The van der Waals surface area contributed by atoms with E-state index in [-0.39, 0.29) is 5.78 Å². The average molecular weight is 393 g/mol. The standard InChI is InChI=1S/C26H23N3O/c1-18-5-3-6-21(13-18)25(30)15-20-9-8-19(2)23(14-20)16-26-28-12-10-24(29-26)22-7-4-11-27-17-22/h3-14,17H,15-16H2,1-2H3. The Hall–Kier alpha value is -3.66. The van der Waals surface area contributed by atoms with Crippen LogP contribution in [-0.4, -0.2) is 20.7 Å². The van der Waals surface area contributed by atoms with Gasteiger partial charge in [0.25, 0.3) is 0 Å². The normalized spacial score (nSPS) is 10.7. The molecular weight excluding hydrogens is 370 g/mol. The van der Waals surface area contributed by atoms with E-state index in [1.807, 2.05) is 55.5 Å². The number of pyridine rings is 1. The highest BCUT2D eigenvalue weighted by molar-refractivity contribution is 5.97. The second-order valence-electron chi connectivity index (χ2n) is 7.51. The van der Waals surface area contributed by atoms with Crippen LogP contribution in [0.2, 0.25) is 0 Å². The third-order valence-corrected chi connectivity index (χ3v) is 5.13. The van der Waals surface area contributed by atoms with Gasteiger partial charge in [-0.25, -0.2) is 9.97 Å². The third-order valence-electron chi connectivity index (χ3n) is 5.13. The summed E-state index contributed by atoms with van der Waals surface area (Å²) in [6.45, 7) is 4.08. The van der Waals surface area contributed by atoms with Crippen molar-refractivity contribution < 1.29 is 4.79 Å². The molecule has 0 radical (unpaired) electrons. The Morgan fingerprint density at radius 1 is 0.933 bits per heavy atom. The maximum absolute atomic E-state index is 12.7. The molecule has 0 spiro atoms. The maximum Gasteiger partial charge on any atom is 0.167 e. The number of hydrogen-bond acceptors (Lipinski definition) is 4. The van der Waals surface area contributed by atoms with Crippen molar-refractivity contribution in [1.29, 1.82) is 0 Å². The summed E-state index contributed by atoms with van der Waals surface area (Å²) < 4.78 is 0. The second-order valence-corrected chi connectivity index (χ2v) is 7.51.